The van der Waals surface area contributed by atoms with Gasteiger partial charge >= 0.3 is 0 Å². The number of benzene rings is 4. The number of hydrogen-bond acceptors (Lipinski definition) is 1. The van der Waals surface area contributed by atoms with Crippen LogP contribution < -0.4 is 5.32 Å². The van der Waals surface area contributed by atoms with Crippen LogP contribution in [0.2, 0.25) is 0 Å². The zero-order chi connectivity index (χ0) is 20.5. The van der Waals surface area contributed by atoms with Crippen molar-refractivity contribution >= 4 is 33.3 Å². The van der Waals surface area contributed by atoms with E-state index in [1.165, 1.54) is 27.7 Å². The molecule has 0 atom stereocenters. The SMILES string of the molecule is Cc1[nH]c2ccccc2c1Cc1ccc(NC(=O)c2ccc3ccccc3c2)cc1. The van der Waals surface area contributed by atoms with Crippen molar-refractivity contribution < 1.29 is 4.79 Å². The molecule has 2 N–H and O–H groups in total. The van der Waals surface area contributed by atoms with Crippen LogP contribution in [0.4, 0.5) is 5.69 Å². The Bertz CT molecular complexity index is 1360. The average Bonchev–Trinajstić information content (AvgIpc) is 3.09. The highest BCUT2D eigenvalue weighted by Gasteiger charge is 2.10. The predicted octanol–water partition coefficient (Wildman–Crippen LogP) is 6.47. The van der Waals surface area contributed by atoms with E-state index < -0.39 is 0 Å². The average molecular weight is 390 g/mol. The summed E-state index contributed by atoms with van der Waals surface area (Å²) in [6.45, 7) is 2.12. The molecule has 0 fully saturated rings. The van der Waals surface area contributed by atoms with Gasteiger partial charge in [-0.1, -0.05) is 60.7 Å². The number of aryl methyl sites for hydroxylation is 1. The summed E-state index contributed by atoms with van der Waals surface area (Å²) in [5.41, 5.74) is 6.36. The lowest BCUT2D eigenvalue weighted by molar-refractivity contribution is 0.102. The normalized spacial score (nSPS) is 11.1. The Kier molecular flexibility index (Phi) is 4.56. The van der Waals surface area contributed by atoms with Crippen LogP contribution in [-0.2, 0) is 6.42 Å². The molecule has 5 rings (SSSR count). The molecule has 0 radical (unpaired) electrons. The van der Waals surface area contributed by atoms with E-state index in [1.807, 2.05) is 54.6 Å². The molecular formula is C27H22N2O. The lowest BCUT2D eigenvalue weighted by atomic mass is 10.0. The van der Waals surface area contributed by atoms with Gasteiger partial charge in [0.05, 0.1) is 0 Å². The van der Waals surface area contributed by atoms with Crippen LogP contribution >= 0.6 is 0 Å². The Morgan fingerprint density at radius 1 is 0.833 bits per heavy atom. The van der Waals surface area contributed by atoms with Gasteiger partial charge in [-0.15, -0.1) is 0 Å². The van der Waals surface area contributed by atoms with Gasteiger partial charge < -0.3 is 10.3 Å². The lowest BCUT2D eigenvalue weighted by Crippen LogP contribution is -2.11. The number of aromatic amines is 1. The van der Waals surface area contributed by atoms with E-state index in [-0.39, 0.29) is 5.91 Å². The van der Waals surface area contributed by atoms with Gasteiger partial charge in [0.25, 0.3) is 5.91 Å². The third-order valence-corrected chi connectivity index (χ3v) is 5.63. The second kappa shape index (κ2) is 7.53. The molecule has 0 unspecified atom stereocenters. The zero-order valence-corrected chi connectivity index (χ0v) is 16.8. The van der Waals surface area contributed by atoms with Crippen molar-refractivity contribution in [2.75, 3.05) is 5.32 Å². The largest absolute Gasteiger partial charge is 0.358 e. The molecule has 3 heteroatoms. The first-order valence-electron chi connectivity index (χ1n) is 10.1. The number of H-pyrrole nitrogens is 1. The summed E-state index contributed by atoms with van der Waals surface area (Å²) in [4.78, 5) is 16.1. The second-order valence-electron chi connectivity index (χ2n) is 7.66. The van der Waals surface area contributed by atoms with E-state index >= 15 is 0 Å². The summed E-state index contributed by atoms with van der Waals surface area (Å²) in [5.74, 6) is -0.0963. The highest BCUT2D eigenvalue weighted by molar-refractivity contribution is 6.06. The van der Waals surface area contributed by atoms with Gasteiger partial charge in [-0.05, 0) is 65.6 Å². The van der Waals surface area contributed by atoms with Gasteiger partial charge in [-0.2, -0.15) is 0 Å². The van der Waals surface area contributed by atoms with Gasteiger partial charge in [-0.25, -0.2) is 0 Å². The van der Waals surface area contributed by atoms with Gasteiger partial charge in [-0.3, -0.25) is 4.79 Å². The van der Waals surface area contributed by atoms with Crippen molar-refractivity contribution in [2.24, 2.45) is 0 Å². The fourth-order valence-electron chi connectivity index (χ4n) is 4.01. The minimum absolute atomic E-state index is 0.0963. The van der Waals surface area contributed by atoms with Crippen molar-refractivity contribution in [1.29, 1.82) is 0 Å². The number of nitrogens with one attached hydrogen (secondary N) is 2. The Morgan fingerprint density at radius 2 is 1.57 bits per heavy atom. The molecule has 0 spiro atoms. The Labute approximate surface area is 175 Å². The van der Waals surface area contributed by atoms with E-state index in [0.717, 1.165) is 22.9 Å². The van der Waals surface area contributed by atoms with Crippen LogP contribution in [0.25, 0.3) is 21.7 Å². The number of carbonyl (C=O) groups excluding carboxylic acids is 1. The van der Waals surface area contributed by atoms with Crippen LogP contribution in [0.1, 0.15) is 27.2 Å². The van der Waals surface area contributed by atoms with Crippen molar-refractivity contribution in [3.8, 4) is 0 Å². The first-order valence-corrected chi connectivity index (χ1v) is 10.1. The van der Waals surface area contributed by atoms with Crippen molar-refractivity contribution in [2.45, 2.75) is 13.3 Å². The smallest absolute Gasteiger partial charge is 0.255 e. The molecule has 0 aliphatic carbocycles. The molecule has 146 valence electrons. The Hall–Kier alpha value is -3.85. The molecular weight excluding hydrogens is 368 g/mol. The number of hydrogen-bond donors (Lipinski definition) is 2. The number of rotatable bonds is 4. The Balaban J connectivity index is 1.33. The number of para-hydroxylation sites is 1. The fourth-order valence-corrected chi connectivity index (χ4v) is 4.01. The van der Waals surface area contributed by atoms with Crippen molar-refractivity contribution in [3.05, 3.63) is 113 Å². The minimum Gasteiger partial charge on any atom is -0.358 e. The zero-order valence-electron chi connectivity index (χ0n) is 16.8. The molecule has 5 aromatic rings. The van der Waals surface area contributed by atoms with Gasteiger partial charge in [0.2, 0.25) is 0 Å². The topological polar surface area (TPSA) is 44.9 Å². The molecule has 0 saturated heterocycles. The molecule has 4 aromatic carbocycles. The van der Waals surface area contributed by atoms with Gasteiger partial charge in [0.15, 0.2) is 0 Å². The fraction of sp³-hybridized carbons (Fsp3) is 0.0741. The monoisotopic (exact) mass is 390 g/mol. The third kappa shape index (κ3) is 3.46. The summed E-state index contributed by atoms with van der Waals surface area (Å²) in [6.07, 6.45) is 0.856. The second-order valence-corrected chi connectivity index (χ2v) is 7.66. The highest BCUT2D eigenvalue weighted by atomic mass is 16.1. The first kappa shape index (κ1) is 18.2. The number of fused-ring (bicyclic) bond motifs is 2. The van der Waals surface area contributed by atoms with Gasteiger partial charge in [0, 0.05) is 27.8 Å². The van der Waals surface area contributed by atoms with Crippen LogP contribution in [0.3, 0.4) is 0 Å². The van der Waals surface area contributed by atoms with Crippen LogP contribution in [0.15, 0.2) is 91.0 Å². The molecule has 1 heterocycles. The van der Waals surface area contributed by atoms with Crippen molar-refractivity contribution in [3.63, 3.8) is 0 Å². The number of amides is 1. The molecule has 3 nitrogen and oxygen atoms in total. The maximum atomic E-state index is 12.7. The standard InChI is InChI=1S/C27H22N2O/c1-18-25(24-8-4-5-9-26(24)28-18)16-19-10-14-23(15-11-19)29-27(30)22-13-12-20-6-2-3-7-21(20)17-22/h2-15,17,28H,16H2,1H3,(H,29,30). The van der Waals surface area contributed by atoms with Crippen molar-refractivity contribution in [1.82, 2.24) is 4.98 Å². The van der Waals surface area contributed by atoms with E-state index in [9.17, 15) is 4.79 Å². The highest BCUT2D eigenvalue weighted by Crippen LogP contribution is 2.25. The summed E-state index contributed by atoms with van der Waals surface area (Å²) in [6, 6.07) is 30.3. The molecule has 0 saturated carbocycles. The van der Waals surface area contributed by atoms with E-state index in [4.69, 9.17) is 0 Å². The molecule has 1 aromatic heterocycles. The lowest BCUT2D eigenvalue weighted by Gasteiger charge is -2.08. The van der Waals surface area contributed by atoms with E-state index in [0.29, 0.717) is 5.56 Å². The van der Waals surface area contributed by atoms with E-state index in [2.05, 4.69) is 53.6 Å². The quantitative estimate of drug-likeness (QED) is 0.363. The van der Waals surface area contributed by atoms with Crippen LogP contribution in [0.5, 0.6) is 0 Å². The maximum absolute atomic E-state index is 12.7. The Morgan fingerprint density at radius 3 is 2.40 bits per heavy atom. The molecule has 1 amide bonds. The summed E-state index contributed by atoms with van der Waals surface area (Å²) in [7, 11) is 0. The molecule has 0 aliphatic heterocycles. The summed E-state index contributed by atoms with van der Waals surface area (Å²) >= 11 is 0. The predicted molar refractivity (Wildman–Crippen MR) is 124 cm³/mol. The molecule has 0 bridgehead atoms. The number of anilines is 1. The molecule has 0 aliphatic rings. The van der Waals surface area contributed by atoms with Gasteiger partial charge in [0.1, 0.15) is 0 Å². The maximum Gasteiger partial charge on any atom is 0.255 e. The number of aromatic nitrogens is 1. The minimum atomic E-state index is -0.0963. The van der Waals surface area contributed by atoms with Crippen LogP contribution in [-0.4, -0.2) is 10.9 Å². The van der Waals surface area contributed by atoms with E-state index in [1.54, 1.807) is 0 Å². The summed E-state index contributed by atoms with van der Waals surface area (Å²) < 4.78 is 0. The molecule has 30 heavy (non-hydrogen) atoms. The van der Waals surface area contributed by atoms with Crippen LogP contribution in [0, 0.1) is 6.92 Å². The first-order chi connectivity index (χ1) is 14.7. The summed E-state index contributed by atoms with van der Waals surface area (Å²) in [5, 5.41) is 6.47. The number of carbonyl (C=O) groups is 1. The third-order valence-electron chi connectivity index (χ3n) is 5.63.